The summed E-state index contributed by atoms with van der Waals surface area (Å²) in [5.74, 6) is -1.04. The number of carbonyl (C=O) groups is 2. The summed E-state index contributed by atoms with van der Waals surface area (Å²) in [4.78, 5) is 23.3. The molecular formula is C10H15NO4. The number of piperidine rings is 1. The van der Waals surface area contributed by atoms with Crippen molar-refractivity contribution in [2.75, 3.05) is 6.54 Å². The van der Waals surface area contributed by atoms with Crippen LogP contribution in [0.15, 0.2) is 0 Å². The van der Waals surface area contributed by atoms with Gasteiger partial charge in [-0.2, -0.15) is 0 Å². The Labute approximate surface area is 87.7 Å². The summed E-state index contributed by atoms with van der Waals surface area (Å²) in [6, 6.07) is 0. The molecule has 2 fully saturated rings. The van der Waals surface area contributed by atoms with Crippen molar-refractivity contribution in [2.24, 2.45) is 5.41 Å². The predicted molar refractivity (Wildman–Crippen MR) is 51.7 cm³/mol. The minimum absolute atomic E-state index is 0.105. The van der Waals surface area contributed by atoms with Gasteiger partial charge in [0.2, 0.25) is 0 Å². The molecule has 15 heavy (non-hydrogen) atoms. The molecule has 5 nitrogen and oxygen atoms in total. The van der Waals surface area contributed by atoms with E-state index in [4.69, 9.17) is 10.2 Å². The molecule has 0 aromatic rings. The normalized spacial score (nSPS) is 32.7. The summed E-state index contributed by atoms with van der Waals surface area (Å²) in [7, 11) is 0. The number of aliphatic carboxylic acids is 1. The molecule has 0 radical (unpaired) electrons. The number of hydrogen-bond donors (Lipinski definition) is 2. The molecule has 5 heteroatoms. The zero-order chi connectivity index (χ0) is 11.3. The smallest absolute Gasteiger partial charge is 0.408 e. The Morgan fingerprint density at radius 2 is 1.67 bits per heavy atom. The second kappa shape index (κ2) is 2.87. The molecule has 0 bridgehead atoms. The molecule has 1 heterocycles. The lowest BCUT2D eigenvalue weighted by Crippen LogP contribution is -2.59. The van der Waals surface area contributed by atoms with Crippen LogP contribution in [-0.2, 0) is 4.79 Å². The molecular weight excluding hydrogens is 198 g/mol. The van der Waals surface area contributed by atoms with E-state index in [-0.39, 0.29) is 5.41 Å². The van der Waals surface area contributed by atoms with E-state index >= 15 is 0 Å². The number of carboxylic acid groups (broad SMARTS) is 2. The number of nitrogens with zero attached hydrogens (tertiary/aromatic N) is 1. The first-order valence-electron chi connectivity index (χ1n) is 5.14. The molecule has 1 atom stereocenters. The lowest BCUT2D eigenvalue weighted by molar-refractivity contribution is -0.152. The third kappa shape index (κ3) is 1.46. The van der Waals surface area contributed by atoms with Crippen molar-refractivity contribution in [2.45, 2.75) is 38.1 Å². The van der Waals surface area contributed by atoms with Crippen molar-refractivity contribution >= 4 is 12.1 Å². The topological polar surface area (TPSA) is 77.8 Å². The minimum atomic E-state index is -1.24. The van der Waals surface area contributed by atoms with Crippen LogP contribution in [-0.4, -0.2) is 39.3 Å². The average Bonchev–Trinajstić information content (AvgIpc) is 2.90. The highest BCUT2D eigenvalue weighted by molar-refractivity contribution is 5.83. The maximum absolute atomic E-state index is 11.1. The molecule has 2 N–H and O–H groups in total. The second-order valence-corrected chi connectivity index (χ2v) is 4.95. The molecule has 1 aliphatic heterocycles. The van der Waals surface area contributed by atoms with Gasteiger partial charge in [0.1, 0.15) is 5.54 Å². The number of carboxylic acids is 1. The summed E-state index contributed by atoms with van der Waals surface area (Å²) in [6.07, 6.45) is 2.21. The van der Waals surface area contributed by atoms with Crippen LogP contribution < -0.4 is 0 Å². The Kier molecular flexibility index (Phi) is 1.96. The first kappa shape index (κ1) is 10.3. The lowest BCUT2D eigenvalue weighted by atomic mass is 9.82. The van der Waals surface area contributed by atoms with E-state index < -0.39 is 17.6 Å². The van der Waals surface area contributed by atoms with Crippen molar-refractivity contribution < 1.29 is 19.8 Å². The number of likely N-dealkylation sites (tertiary alicyclic amines) is 1. The lowest BCUT2D eigenvalue weighted by Gasteiger charge is -2.43. The Hall–Kier alpha value is -1.26. The van der Waals surface area contributed by atoms with Gasteiger partial charge in [-0.3, -0.25) is 4.90 Å². The fourth-order valence-corrected chi connectivity index (χ4v) is 2.32. The van der Waals surface area contributed by atoms with Gasteiger partial charge in [-0.1, -0.05) is 0 Å². The van der Waals surface area contributed by atoms with Crippen LogP contribution in [0, 0.1) is 5.41 Å². The monoisotopic (exact) mass is 213 g/mol. The molecule has 1 unspecified atom stereocenters. The van der Waals surface area contributed by atoms with Gasteiger partial charge in [0, 0.05) is 6.54 Å². The van der Waals surface area contributed by atoms with Crippen LogP contribution >= 0.6 is 0 Å². The summed E-state index contributed by atoms with van der Waals surface area (Å²) >= 11 is 0. The summed E-state index contributed by atoms with van der Waals surface area (Å²) in [6.45, 7) is 1.88. The Morgan fingerprint density at radius 3 is 2.07 bits per heavy atom. The molecule has 1 spiro atoms. The van der Waals surface area contributed by atoms with Gasteiger partial charge in [-0.15, -0.1) is 0 Å². The third-order valence-corrected chi connectivity index (χ3v) is 3.88. The molecule has 1 amide bonds. The van der Waals surface area contributed by atoms with Gasteiger partial charge < -0.3 is 10.2 Å². The van der Waals surface area contributed by atoms with E-state index in [1.807, 2.05) is 0 Å². The van der Waals surface area contributed by atoms with E-state index in [1.165, 1.54) is 6.92 Å². The van der Waals surface area contributed by atoms with Gasteiger partial charge >= 0.3 is 12.1 Å². The highest BCUT2D eigenvalue weighted by Crippen LogP contribution is 2.55. The fraction of sp³-hybridized carbons (Fsp3) is 0.800. The van der Waals surface area contributed by atoms with E-state index in [1.54, 1.807) is 0 Å². The van der Waals surface area contributed by atoms with Gasteiger partial charge in [0.25, 0.3) is 0 Å². The Morgan fingerprint density at radius 1 is 1.13 bits per heavy atom. The van der Waals surface area contributed by atoms with Crippen LogP contribution in [0.2, 0.25) is 0 Å². The summed E-state index contributed by atoms with van der Waals surface area (Å²) in [5, 5.41) is 18.1. The van der Waals surface area contributed by atoms with Gasteiger partial charge in [0.05, 0.1) is 0 Å². The molecule has 1 saturated heterocycles. The first-order chi connectivity index (χ1) is 6.90. The largest absolute Gasteiger partial charge is 0.480 e. The highest BCUT2D eigenvalue weighted by atomic mass is 16.4. The zero-order valence-corrected chi connectivity index (χ0v) is 8.69. The van der Waals surface area contributed by atoms with Crippen LogP contribution in [0.5, 0.6) is 0 Å². The molecule has 2 rings (SSSR count). The molecule has 2 aliphatic rings. The van der Waals surface area contributed by atoms with E-state index in [2.05, 4.69) is 0 Å². The molecule has 1 saturated carbocycles. The second-order valence-electron chi connectivity index (χ2n) is 4.95. The molecule has 84 valence electrons. The maximum Gasteiger partial charge on any atom is 0.408 e. The number of rotatable bonds is 1. The first-order valence-corrected chi connectivity index (χ1v) is 5.14. The highest BCUT2D eigenvalue weighted by Gasteiger charge is 2.56. The number of amides is 1. The van der Waals surface area contributed by atoms with E-state index in [0.29, 0.717) is 13.0 Å². The fourth-order valence-electron chi connectivity index (χ4n) is 2.32. The minimum Gasteiger partial charge on any atom is -0.480 e. The Bertz CT molecular complexity index is 323. The van der Waals surface area contributed by atoms with Crippen molar-refractivity contribution in [3.05, 3.63) is 0 Å². The van der Waals surface area contributed by atoms with Crippen molar-refractivity contribution in [3.63, 3.8) is 0 Å². The van der Waals surface area contributed by atoms with E-state index in [9.17, 15) is 9.59 Å². The molecule has 0 aromatic carbocycles. The van der Waals surface area contributed by atoms with Crippen molar-refractivity contribution in [1.29, 1.82) is 0 Å². The Balaban J connectivity index is 2.24. The van der Waals surface area contributed by atoms with Crippen molar-refractivity contribution in [1.82, 2.24) is 4.90 Å². The van der Waals surface area contributed by atoms with E-state index in [0.717, 1.165) is 24.2 Å². The van der Waals surface area contributed by atoms with Gasteiger partial charge in [-0.25, -0.2) is 9.59 Å². The molecule has 1 aliphatic carbocycles. The summed E-state index contributed by atoms with van der Waals surface area (Å²) < 4.78 is 0. The third-order valence-electron chi connectivity index (χ3n) is 3.88. The van der Waals surface area contributed by atoms with Crippen molar-refractivity contribution in [3.8, 4) is 0 Å². The van der Waals surface area contributed by atoms with Crippen LogP contribution in [0.25, 0.3) is 0 Å². The predicted octanol–water partition coefficient (Wildman–Crippen LogP) is 1.38. The number of hydrogen-bond acceptors (Lipinski definition) is 2. The van der Waals surface area contributed by atoms with Gasteiger partial charge in [-0.05, 0) is 38.0 Å². The zero-order valence-electron chi connectivity index (χ0n) is 8.69. The van der Waals surface area contributed by atoms with Crippen LogP contribution in [0.4, 0.5) is 4.79 Å². The van der Waals surface area contributed by atoms with Crippen LogP contribution in [0.1, 0.15) is 32.6 Å². The standard InChI is InChI=1S/C10H15NO4/c1-9(7(12)13)2-3-10(4-5-10)6-11(9)8(14)15/h2-6H2,1H3,(H,12,13)(H,14,15). The van der Waals surface area contributed by atoms with Crippen LogP contribution in [0.3, 0.4) is 0 Å². The quantitative estimate of drug-likeness (QED) is 0.689. The maximum atomic E-state index is 11.1. The molecule has 0 aromatic heterocycles. The SMILES string of the molecule is CC1(C(=O)O)CCC2(CC2)CN1C(=O)O. The van der Waals surface area contributed by atoms with Gasteiger partial charge in [0.15, 0.2) is 0 Å². The average molecular weight is 213 g/mol. The summed E-state index contributed by atoms with van der Waals surface area (Å²) in [5.41, 5.74) is -1.13.